The predicted molar refractivity (Wildman–Crippen MR) is 44.0 cm³/mol. The van der Waals surface area contributed by atoms with Gasteiger partial charge in [-0.2, -0.15) is 8.42 Å². The molecular weight excluding hydrogens is 182 g/mol. The Balaban J connectivity index is 3.81. The van der Waals surface area contributed by atoms with Crippen molar-refractivity contribution in [2.75, 3.05) is 5.75 Å². The Kier molecular flexibility index (Phi) is 4.65. The van der Waals surface area contributed by atoms with Gasteiger partial charge in [-0.05, 0) is 6.42 Å². The monoisotopic (exact) mass is 195 g/mol. The van der Waals surface area contributed by atoms with E-state index < -0.39 is 16.2 Å². The number of carbonyl (C=O) groups is 1. The molecule has 6 heteroatoms. The van der Waals surface area contributed by atoms with Gasteiger partial charge in [-0.15, -0.1) is 0 Å². The number of amides is 1. The average Bonchev–Trinajstić information content (AvgIpc) is 1.84. The molecule has 0 radical (unpaired) electrons. The second kappa shape index (κ2) is 4.97. The number of unbranched alkanes of at least 4 members (excludes halogenated alkanes) is 2. The zero-order valence-electron chi connectivity index (χ0n) is 6.95. The number of hydrogen-bond donors (Lipinski definition) is 1. The van der Waals surface area contributed by atoms with E-state index in [1.807, 2.05) is 6.92 Å². The van der Waals surface area contributed by atoms with E-state index in [1.165, 1.54) is 0 Å². The van der Waals surface area contributed by atoms with E-state index in [1.54, 1.807) is 0 Å². The molecule has 0 rings (SSSR count). The fourth-order valence-corrected chi connectivity index (χ4v) is 1.59. The molecule has 1 amide bonds. The average molecular weight is 195 g/mol. The number of rotatable bonds is 5. The molecule has 0 atom stereocenters. The lowest BCUT2D eigenvalue weighted by Gasteiger charge is -2.01. The summed E-state index contributed by atoms with van der Waals surface area (Å²) in [7, 11) is -3.73. The van der Waals surface area contributed by atoms with Gasteiger partial charge in [0.15, 0.2) is 0 Å². The van der Waals surface area contributed by atoms with Crippen LogP contribution < -0.4 is 5.73 Å². The van der Waals surface area contributed by atoms with Crippen LogP contribution in [0.5, 0.6) is 0 Å². The largest absolute Gasteiger partial charge is 0.420 e. The maximum atomic E-state index is 10.8. The van der Waals surface area contributed by atoms with Crippen LogP contribution in [0.25, 0.3) is 0 Å². The van der Waals surface area contributed by atoms with E-state index in [2.05, 4.69) is 9.92 Å². The van der Waals surface area contributed by atoms with Crippen LogP contribution in [0.1, 0.15) is 26.2 Å². The third-order valence-electron chi connectivity index (χ3n) is 1.21. The van der Waals surface area contributed by atoms with Crippen molar-refractivity contribution in [1.29, 1.82) is 0 Å². The van der Waals surface area contributed by atoms with Gasteiger partial charge in [0.1, 0.15) is 0 Å². The quantitative estimate of drug-likeness (QED) is 0.514. The standard InChI is InChI=1S/C6H13NO4S/c1-2-3-4-5-12(9,10)11-6(7)8/h2-5H2,1H3,(H2,7,8). The lowest BCUT2D eigenvalue weighted by molar-refractivity contribution is 0.212. The minimum absolute atomic E-state index is 0.149. The number of carbonyl (C=O) groups excluding carboxylic acids is 1. The predicted octanol–water partition coefficient (Wildman–Crippen LogP) is 0.602. The van der Waals surface area contributed by atoms with Crippen molar-refractivity contribution in [1.82, 2.24) is 0 Å². The molecule has 0 aromatic heterocycles. The Morgan fingerprint density at radius 1 is 1.42 bits per heavy atom. The molecule has 0 aliphatic heterocycles. The molecule has 12 heavy (non-hydrogen) atoms. The molecule has 5 nitrogen and oxygen atoms in total. The summed E-state index contributed by atoms with van der Waals surface area (Å²) in [5, 5.41) is 0. The zero-order valence-corrected chi connectivity index (χ0v) is 7.76. The summed E-state index contributed by atoms with van der Waals surface area (Å²) in [6, 6.07) is 0. The third kappa shape index (κ3) is 5.96. The van der Waals surface area contributed by atoms with E-state index in [9.17, 15) is 13.2 Å². The molecule has 72 valence electrons. The maximum absolute atomic E-state index is 10.8. The van der Waals surface area contributed by atoms with Crippen molar-refractivity contribution in [2.24, 2.45) is 5.73 Å². The summed E-state index contributed by atoms with van der Waals surface area (Å²) in [4.78, 5) is 10.1. The van der Waals surface area contributed by atoms with Crippen molar-refractivity contribution < 1.29 is 17.4 Å². The minimum atomic E-state index is -3.73. The first-order valence-electron chi connectivity index (χ1n) is 3.69. The molecule has 0 aliphatic carbocycles. The van der Waals surface area contributed by atoms with Gasteiger partial charge in [-0.25, -0.2) is 4.79 Å². The molecule has 0 bridgehead atoms. The highest BCUT2D eigenvalue weighted by Gasteiger charge is 2.13. The van der Waals surface area contributed by atoms with Crippen LogP contribution in [-0.2, 0) is 14.3 Å². The fraction of sp³-hybridized carbons (Fsp3) is 0.833. The summed E-state index contributed by atoms with van der Waals surface area (Å²) in [6.07, 6.45) is 0.922. The summed E-state index contributed by atoms with van der Waals surface area (Å²) in [5.41, 5.74) is 4.54. The Bertz CT molecular complexity index is 234. The van der Waals surface area contributed by atoms with E-state index in [0.717, 1.165) is 12.8 Å². The second-order valence-corrected chi connectivity index (χ2v) is 4.06. The topological polar surface area (TPSA) is 86.5 Å². The van der Waals surface area contributed by atoms with Gasteiger partial charge < -0.3 is 9.92 Å². The van der Waals surface area contributed by atoms with Crippen LogP contribution >= 0.6 is 0 Å². The maximum Gasteiger partial charge on any atom is 0.420 e. The van der Waals surface area contributed by atoms with Gasteiger partial charge in [0.25, 0.3) is 0 Å². The second-order valence-electron chi connectivity index (χ2n) is 2.37. The SMILES string of the molecule is CCCCCS(=O)(=O)OC(N)=O. The van der Waals surface area contributed by atoms with Crippen LogP contribution in [0.2, 0.25) is 0 Å². The molecule has 0 saturated heterocycles. The van der Waals surface area contributed by atoms with Gasteiger partial charge in [-0.3, -0.25) is 0 Å². The summed E-state index contributed by atoms with van der Waals surface area (Å²) in [6.45, 7) is 1.95. The van der Waals surface area contributed by atoms with Crippen LogP contribution in [0.3, 0.4) is 0 Å². The van der Waals surface area contributed by atoms with Crippen molar-refractivity contribution in [2.45, 2.75) is 26.2 Å². The Morgan fingerprint density at radius 3 is 2.42 bits per heavy atom. The van der Waals surface area contributed by atoms with Crippen LogP contribution in [0.4, 0.5) is 4.79 Å². The summed E-state index contributed by atoms with van der Waals surface area (Å²) >= 11 is 0. The Labute approximate surface area is 72.0 Å². The highest BCUT2D eigenvalue weighted by atomic mass is 32.2. The normalized spacial score (nSPS) is 11.1. The molecule has 0 spiro atoms. The summed E-state index contributed by atoms with van der Waals surface area (Å²) in [5.74, 6) is -0.149. The highest BCUT2D eigenvalue weighted by molar-refractivity contribution is 7.87. The summed E-state index contributed by atoms with van der Waals surface area (Å²) < 4.78 is 25.5. The minimum Gasteiger partial charge on any atom is -0.334 e. The third-order valence-corrected chi connectivity index (χ3v) is 2.41. The van der Waals surface area contributed by atoms with Crippen molar-refractivity contribution in [3.8, 4) is 0 Å². The van der Waals surface area contributed by atoms with Crippen LogP contribution in [0.15, 0.2) is 0 Å². The Morgan fingerprint density at radius 2 is 2.00 bits per heavy atom. The molecule has 2 N–H and O–H groups in total. The van der Waals surface area contributed by atoms with Gasteiger partial charge in [-0.1, -0.05) is 19.8 Å². The van der Waals surface area contributed by atoms with Gasteiger partial charge in [0.2, 0.25) is 0 Å². The van der Waals surface area contributed by atoms with E-state index in [4.69, 9.17) is 0 Å². The smallest absolute Gasteiger partial charge is 0.334 e. The first-order chi connectivity index (χ1) is 5.48. The number of hydrogen-bond acceptors (Lipinski definition) is 4. The lowest BCUT2D eigenvalue weighted by Crippen LogP contribution is -2.20. The molecule has 0 fully saturated rings. The van der Waals surface area contributed by atoms with Gasteiger partial charge >= 0.3 is 16.2 Å². The van der Waals surface area contributed by atoms with Gasteiger partial charge in [0.05, 0.1) is 5.75 Å². The highest BCUT2D eigenvalue weighted by Crippen LogP contribution is 2.00. The van der Waals surface area contributed by atoms with Crippen molar-refractivity contribution >= 4 is 16.2 Å². The molecule has 0 heterocycles. The van der Waals surface area contributed by atoms with Crippen molar-refractivity contribution in [3.05, 3.63) is 0 Å². The number of nitrogens with two attached hydrogens (primary N) is 1. The van der Waals surface area contributed by atoms with E-state index in [-0.39, 0.29) is 5.75 Å². The Hall–Kier alpha value is -0.780. The molecule has 0 aliphatic rings. The molecule has 0 aromatic rings. The lowest BCUT2D eigenvalue weighted by atomic mass is 10.3. The fourth-order valence-electron chi connectivity index (χ4n) is 0.696. The van der Waals surface area contributed by atoms with Crippen LogP contribution in [0, 0.1) is 0 Å². The van der Waals surface area contributed by atoms with Gasteiger partial charge in [0, 0.05) is 0 Å². The first kappa shape index (κ1) is 11.2. The van der Waals surface area contributed by atoms with Crippen molar-refractivity contribution in [3.63, 3.8) is 0 Å². The molecular formula is C6H13NO4S. The van der Waals surface area contributed by atoms with E-state index in [0.29, 0.717) is 6.42 Å². The molecule has 0 aromatic carbocycles. The first-order valence-corrected chi connectivity index (χ1v) is 5.27. The molecule has 0 unspecified atom stereocenters. The van der Waals surface area contributed by atoms with Crippen LogP contribution in [-0.4, -0.2) is 20.3 Å². The molecule has 0 saturated carbocycles. The number of primary amides is 1. The zero-order chi connectivity index (χ0) is 9.61. The van der Waals surface area contributed by atoms with E-state index >= 15 is 0 Å².